The van der Waals surface area contributed by atoms with Gasteiger partial charge < -0.3 is 14.7 Å². The van der Waals surface area contributed by atoms with Crippen LogP contribution < -0.4 is 10.2 Å². The number of hydrogen-bond acceptors (Lipinski definition) is 6. The van der Waals surface area contributed by atoms with Gasteiger partial charge in [-0.3, -0.25) is 4.90 Å². The Kier molecular flexibility index (Phi) is 6.36. The summed E-state index contributed by atoms with van der Waals surface area (Å²) in [5.41, 5.74) is 1.63. The summed E-state index contributed by atoms with van der Waals surface area (Å²) in [6, 6.07) is 16.8. The molecular weight excluding hydrogens is 369 g/mol. The van der Waals surface area contributed by atoms with E-state index in [1.165, 1.54) is 6.07 Å². The van der Waals surface area contributed by atoms with Gasteiger partial charge in [0.15, 0.2) is 0 Å². The number of nitrogens with zero attached hydrogens (tertiary/aromatic N) is 4. The molecule has 29 heavy (non-hydrogen) atoms. The number of piperazine rings is 1. The first-order chi connectivity index (χ1) is 14.3. The van der Waals surface area contributed by atoms with Gasteiger partial charge in [0.1, 0.15) is 5.82 Å². The Bertz CT molecular complexity index is 893. The number of aromatic nitrogens is 2. The van der Waals surface area contributed by atoms with Crippen LogP contribution in [0.4, 0.5) is 16.0 Å². The lowest BCUT2D eigenvalue weighted by atomic mass is 10.2. The average Bonchev–Trinajstić information content (AvgIpc) is 3.24. The summed E-state index contributed by atoms with van der Waals surface area (Å²) in [6.07, 6.45) is 2.12. The molecule has 0 amide bonds. The highest BCUT2D eigenvalue weighted by molar-refractivity contribution is 5.53. The molecule has 4 rings (SSSR count). The second-order valence-corrected chi connectivity index (χ2v) is 7.20. The van der Waals surface area contributed by atoms with Crippen molar-refractivity contribution in [2.24, 2.45) is 0 Å². The zero-order valence-electron chi connectivity index (χ0n) is 16.4. The molecule has 1 fully saturated rings. The van der Waals surface area contributed by atoms with Crippen molar-refractivity contribution in [3.8, 4) is 11.5 Å². The quantitative estimate of drug-likeness (QED) is 0.584. The summed E-state index contributed by atoms with van der Waals surface area (Å²) < 4.78 is 19.2. The van der Waals surface area contributed by atoms with Gasteiger partial charge in [0.2, 0.25) is 0 Å². The van der Waals surface area contributed by atoms with Crippen LogP contribution in [0.5, 0.6) is 0 Å². The molecule has 7 heteroatoms. The van der Waals surface area contributed by atoms with Crippen LogP contribution in [0.1, 0.15) is 12.8 Å². The molecule has 1 saturated heterocycles. The van der Waals surface area contributed by atoms with E-state index in [4.69, 9.17) is 4.52 Å². The molecule has 152 valence electrons. The maximum atomic E-state index is 13.9. The zero-order valence-corrected chi connectivity index (χ0v) is 16.4. The fourth-order valence-corrected chi connectivity index (χ4v) is 3.57. The van der Waals surface area contributed by atoms with E-state index >= 15 is 0 Å². The molecule has 1 N–H and O–H groups in total. The Hall–Kier alpha value is -2.93. The van der Waals surface area contributed by atoms with Crippen LogP contribution in [0, 0.1) is 5.82 Å². The third kappa shape index (κ3) is 5.12. The second kappa shape index (κ2) is 9.52. The number of anilines is 2. The van der Waals surface area contributed by atoms with Crippen LogP contribution in [0.2, 0.25) is 0 Å². The summed E-state index contributed by atoms with van der Waals surface area (Å²) in [5, 5.41) is 7.20. The van der Waals surface area contributed by atoms with Gasteiger partial charge in [-0.05, 0) is 48.8 Å². The number of para-hydroxylation sites is 1. The van der Waals surface area contributed by atoms with Crippen molar-refractivity contribution in [1.82, 2.24) is 15.0 Å². The van der Waals surface area contributed by atoms with Crippen LogP contribution in [-0.4, -0.2) is 54.3 Å². The maximum absolute atomic E-state index is 13.9. The number of rotatable bonds is 8. The molecule has 2 aromatic carbocycles. The van der Waals surface area contributed by atoms with Gasteiger partial charge in [-0.2, -0.15) is 4.98 Å². The summed E-state index contributed by atoms with van der Waals surface area (Å²) in [7, 11) is 0. The van der Waals surface area contributed by atoms with Gasteiger partial charge in [-0.1, -0.05) is 30.3 Å². The summed E-state index contributed by atoms with van der Waals surface area (Å²) >= 11 is 0. The van der Waals surface area contributed by atoms with E-state index < -0.39 is 0 Å². The smallest absolute Gasteiger partial charge is 0.263 e. The van der Waals surface area contributed by atoms with E-state index in [1.54, 1.807) is 6.07 Å². The molecule has 0 unspecified atom stereocenters. The molecule has 6 nitrogen and oxygen atoms in total. The lowest BCUT2D eigenvalue weighted by Crippen LogP contribution is -2.46. The largest absolute Gasteiger partial charge is 0.367 e. The number of benzene rings is 2. The molecule has 1 aromatic heterocycles. The van der Waals surface area contributed by atoms with E-state index in [1.807, 2.05) is 42.5 Å². The van der Waals surface area contributed by atoms with Gasteiger partial charge >= 0.3 is 0 Å². The standard InChI is InChI=1S/C22H26FN5O/c23-19-10-4-5-11-20(19)28-16-14-27(15-17-28)13-7-6-12-24-22-25-21(29-26-22)18-8-2-1-3-9-18/h1-5,8-11H,6-7,12-17H2,(H,24,26). The van der Waals surface area contributed by atoms with Gasteiger partial charge in [0, 0.05) is 38.3 Å². The van der Waals surface area contributed by atoms with E-state index in [0.29, 0.717) is 17.5 Å². The minimum atomic E-state index is -0.135. The Morgan fingerprint density at radius 2 is 1.69 bits per heavy atom. The Morgan fingerprint density at radius 1 is 0.931 bits per heavy atom. The van der Waals surface area contributed by atoms with Crippen molar-refractivity contribution >= 4 is 11.6 Å². The Balaban J connectivity index is 1.13. The third-order valence-corrected chi connectivity index (χ3v) is 5.20. The Labute approximate surface area is 170 Å². The van der Waals surface area contributed by atoms with Gasteiger partial charge in [-0.25, -0.2) is 4.39 Å². The number of unbranched alkanes of at least 4 members (excludes halogenated alkanes) is 1. The van der Waals surface area contributed by atoms with Gasteiger partial charge in [0.05, 0.1) is 5.69 Å². The molecule has 0 bridgehead atoms. The first-order valence-corrected chi connectivity index (χ1v) is 10.1. The highest BCUT2D eigenvalue weighted by Gasteiger charge is 2.18. The van der Waals surface area contributed by atoms with Crippen molar-refractivity contribution < 1.29 is 8.91 Å². The molecule has 2 heterocycles. The molecule has 0 spiro atoms. The third-order valence-electron chi connectivity index (χ3n) is 5.20. The lowest BCUT2D eigenvalue weighted by molar-refractivity contribution is 0.253. The first-order valence-electron chi connectivity index (χ1n) is 10.1. The average molecular weight is 395 g/mol. The maximum Gasteiger partial charge on any atom is 0.263 e. The molecule has 0 atom stereocenters. The van der Waals surface area contributed by atoms with Crippen molar-refractivity contribution in [1.29, 1.82) is 0 Å². The predicted molar refractivity (Wildman–Crippen MR) is 113 cm³/mol. The van der Waals surface area contributed by atoms with Crippen LogP contribution in [0.25, 0.3) is 11.5 Å². The Morgan fingerprint density at radius 3 is 2.48 bits per heavy atom. The van der Waals surface area contributed by atoms with Crippen molar-refractivity contribution in [2.75, 3.05) is 49.5 Å². The van der Waals surface area contributed by atoms with E-state index in [2.05, 4.69) is 25.3 Å². The zero-order chi connectivity index (χ0) is 19.9. The summed E-state index contributed by atoms with van der Waals surface area (Å²) in [5.74, 6) is 0.923. The minimum absolute atomic E-state index is 0.135. The van der Waals surface area contributed by atoms with Crippen LogP contribution in [0.3, 0.4) is 0 Å². The number of nitrogens with one attached hydrogen (secondary N) is 1. The fraction of sp³-hybridized carbons (Fsp3) is 0.364. The van der Waals surface area contributed by atoms with Crippen molar-refractivity contribution in [3.63, 3.8) is 0 Å². The van der Waals surface area contributed by atoms with Crippen LogP contribution in [0.15, 0.2) is 59.1 Å². The summed E-state index contributed by atoms with van der Waals surface area (Å²) in [6.45, 7) is 5.52. The van der Waals surface area contributed by atoms with Gasteiger partial charge in [-0.15, -0.1) is 0 Å². The lowest BCUT2D eigenvalue weighted by Gasteiger charge is -2.36. The normalized spacial score (nSPS) is 14.9. The fourth-order valence-electron chi connectivity index (χ4n) is 3.57. The van der Waals surface area contributed by atoms with Crippen molar-refractivity contribution in [2.45, 2.75) is 12.8 Å². The highest BCUT2D eigenvalue weighted by Crippen LogP contribution is 2.20. The number of hydrogen-bond donors (Lipinski definition) is 1. The monoisotopic (exact) mass is 395 g/mol. The minimum Gasteiger partial charge on any atom is -0.367 e. The topological polar surface area (TPSA) is 57.4 Å². The SMILES string of the molecule is Fc1ccccc1N1CCN(CCCCNc2noc(-c3ccccc3)n2)CC1. The van der Waals surface area contributed by atoms with E-state index in [0.717, 1.165) is 57.7 Å². The highest BCUT2D eigenvalue weighted by atomic mass is 19.1. The molecule has 1 aliphatic heterocycles. The molecule has 1 aliphatic rings. The van der Waals surface area contributed by atoms with E-state index in [-0.39, 0.29) is 5.82 Å². The molecule has 0 saturated carbocycles. The van der Waals surface area contributed by atoms with Crippen molar-refractivity contribution in [3.05, 3.63) is 60.4 Å². The second-order valence-electron chi connectivity index (χ2n) is 7.20. The van der Waals surface area contributed by atoms with Gasteiger partial charge in [0.25, 0.3) is 11.8 Å². The van der Waals surface area contributed by atoms with Crippen LogP contribution in [-0.2, 0) is 0 Å². The molecule has 0 aliphatic carbocycles. The van der Waals surface area contributed by atoms with Crippen LogP contribution >= 0.6 is 0 Å². The molecule has 0 radical (unpaired) electrons. The molecular formula is C22H26FN5O. The molecule has 3 aromatic rings. The summed E-state index contributed by atoms with van der Waals surface area (Å²) in [4.78, 5) is 8.95. The van der Waals surface area contributed by atoms with E-state index in [9.17, 15) is 4.39 Å². The first kappa shape index (κ1) is 19.4. The number of halogens is 1. The predicted octanol–water partition coefficient (Wildman–Crippen LogP) is 3.89.